The van der Waals surface area contributed by atoms with E-state index in [-0.39, 0.29) is 0 Å². The summed E-state index contributed by atoms with van der Waals surface area (Å²) >= 11 is 0. The fourth-order valence-corrected chi connectivity index (χ4v) is 2.14. The van der Waals surface area contributed by atoms with Gasteiger partial charge in [0.05, 0.1) is 6.10 Å². The van der Waals surface area contributed by atoms with Gasteiger partial charge in [-0.3, -0.25) is 9.69 Å². The first-order valence-corrected chi connectivity index (χ1v) is 5.31. The van der Waals surface area contributed by atoms with Crippen molar-refractivity contribution in [3.63, 3.8) is 0 Å². The first kappa shape index (κ1) is 9.93. The molecule has 2 rings (SSSR count). The lowest BCUT2D eigenvalue weighted by Gasteiger charge is -2.20. The quantitative estimate of drug-likeness (QED) is 0.684. The lowest BCUT2D eigenvalue weighted by atomic mass is 10.2. The fourth-order valence-electron chi connectivity index (χ4n) is 2.14. The van der Waals surface area contributed by atoms with E-state index in [0.29, 0.717) is 13.0 Å². The van der Waals surface area contributed by atoms with Crippen LogP contribution in [0, 0.1) is 5.92 Å². The smallest absolute Gasteiger partial charge is 0.321 e. The molecule has 1 saturated heterocycles. The molecule has 0 amide bonds. The molecular formula is C10H17NO3. The fraction of sp³-hybridized carbons (Fsp3) is 0.900. The molecule has 80 valence electrons. The maximum atomic E-state index is 10.9. The van der Waals surface area contributed by atoms with Crippen molar-refractivity contribution < 1.29 is 15.0 Å². The summed E-state index contributed by atoms with van der Waals surface area (Å²) in [6.07, 6.45) is 3.63. The van der Waals surface area contributed by atoms with Crippen LogP contribution in [-0.4, -0.2) is 46.3 Å². The van der Waals surface area contributed by atoms with E-state index in [2.05, 4.69) is 0 Å². The minimum absolute atomic E-state index is 0.389. The number of aliphatic carboxylic acids is 1. The number of hydrogen-bond acceptors (Lipinski definition) is 3. The van der Waals surface area contributed by atoms with Gasteiger partial charge >= 0.3 is 5.97 Å². The van der Waals surface area contributed by atoms with Gasteiger partial charge in [-0.05, 0) is 18.9 Å². The van der Waals surface area contributed by atoms with E-state index in [0.717, 1.165) is 18.9 Å². The summed E-state index contributed by atoms with van der Waals surface area (Å²) in [7, 11) is 0. The largest absolute Gasteiger partial charge is 0.480 e. The maximum Gasteiger partial charge on any atom is 0.321 e. The van der Waals surface area contributed by atoms with Crippen LogP contribution >= 0.6 is 0 Å². The van der Waals surface area contributed by atoms with Gasteiger partial charge in [0, 0.05) is 13.0 Å². The van der Waals surface area contributed by atoms with Gasteiger partial charge in [-0.25, -0.2) is 0 Å². The van der Waals surface area contributed by atoms with Gasteiger partial charge in [0.25, 0.3) is 0 Å². The molecular weight excluding hydrogens is 182 g/mol. The number of carbonyl (C=O) groups is 1. The molecule has 2 atom stereocenters. The van der Waals surface area contributed by atoms with Gasteiger partial charge < -0.3 is 10.2 Å². The maximum absolute atomic E-state index is 10.9. The van der Waals surface area contributed by atoms with E-state index >= 15 is 0 Å². The molecule has 0 radical (unpaired) electrons. The van der Waals surface area contributed by atoms with Crippen LogP contribution in [0.1, 0.15) is 25.7 Å². The molecule has 2 fully saturated rings. The second kappa shape index (κ2) is 3.87. The van der Waals surface area contributed by atoms with Crippen LogP contribution < -0.4 is 0 Å². The van der Waals surface area contributed by atoms with E-state index in [4.69, 9.17) is 5.11 Å². The zero-order valence-electron chi connectivity index (χ0n) is 8.22. The molecule has 2 aliphatic rings. The Labute approximate surface area is 83.5 Å². The van der Waals surface area contributed by atoms with E-state index in [9.17, 15) is 9.90 Å². The second-order valence-electron chi connectivity index (χ2n) is 4.47. The monoisotopic (exact) mass is 199 g/mol. The molecule has 4 nitrogen and oxygen atoms in total. The third kappa shape index (κ3) is 2.25. The molecule has 1 saturated carbocycles. The number of nitrogens with zero attached hydrogens (tertiary/aromatic N) is 1. The number of likely N-dealkylation sites (tertiary alicyclic amines) is 1. The predicted molar refractivity (Wildman–Crippen MR) is 51.0 cm³/mol. The van der Waals surface area contributed by atoms with Crippen LogP contribution in [0.3, 0.4) is 0 Å². The molecule has 4 heteroatoms. The Morgan fingerprint density at radius 1 is 1.43 bits per heavy atom. The van der Waals surface area contributed by atoms with Crippen LogP contribution in [0.2, 0.25) is 0 Å². The normalized spacial score (nSPS) is 33.5. The van der Waals surface area contributed by atoms with Crippen molar-refractivity contribution in [3.05, 3.63) is 0 Å². The van der Waals surface area contributed by atoms with Crippen molar-refractivity contribution in [2.45, 2.75) is 37.8 Å². The van der Waals surface area contributed by atoms with Gasteiger partial charge in [0.15, 0.2) is 0 Å². The molecule has 1 aliphatic carbocycles. The molecule has 0 aromatic carbocycles. The number of carboxylic acids is 1. The van der Waals surface area contributed by atoms with Gasteiger partial charge in [-0.2, -0.15) is 0 Å². The standard InChI is InChI=1S/C10H17NO3/c12-8-5-9(10(13)14)11(6-8)4-3-7-1-2-7/h7-9,12H,1-6H2,(H,13,14). The highest BCUT2D eigenvalue weighted by Gasteiger charge is 2.36. The minimum Gasteiger partial charge on any atom is -0.480 e. The van der Waals surface area contributed by atoms with Crippen molar-refractivity contribution in [1.82, 2.24) is 4.90 Å². The van der Waals surface area contributed by atoms with Crippen molar-refractivity contribution in [3.8, 4) is 0 Å². The molecule has 0 spiro atoms. The van der Waals surface area contributed by atoms with E-state index < -0.39 is 18.1 Å². The predicted octanol–water partition coefficient (Wildman–Crippen LogP) is 0.306. The van der Waals surface area contributed by atoms with Crippen molar-refractivity contribution >= 4 is 5.97 Å². The first-order valence-electron chi connectivity index (χ1n) is 5.31. The average Bonchev–Trinajstić information content (AvgIpc) is 2.86. The van der Waals surface area contributed by atoms with Crippen LogP contribution in [0.15, 0.2) is 0 Å². The van der Waals surface area contributed by atoms with Crippen molar-refractivity contribution in [2.75, 3.05) is 13.1 Å². The summed E-state index contributed by atoms with van der Waals surface area (Å²) in [6.45, 7) is 1.36. The summed E-state index contributed by atoms with van der Waals surface area (Å²) in [5.74, 6) is 0.0273. The molecule has 0 bridgehead atoms. The third-order valence-corrected chi connectivity index (χ3v) is 3.19. The third-order valence-electron chi connectivity index (χ3n) is 3.19. The minimum atomic E-state index is -0.794. The molecule has 2 unspecified atom stereocenters. The van der Waals surface area contributed by atoms with E-state index in [1.165, 1.54) is 12.8 Å². The van der Waals surface area contributed by atoms with E-state index in [1.807, 2.05) is 4.90 Å². The van der Waals surface area contributed by atoms with Crippen LogP contribution in [-0.2, 0) is 4.79 Å². The van der Waals surface area contributed by atoms with Crippen LogP contribution in [0.5, 0.6) is 0 Å². The van der Waals surface area contributed by atoms with Crippen LogP contribution in [0.4, 0.5) is 0 Å². The Morgan fingerprint density at radius 2 is 2.14 bits per heavy atom. The summed E-state index contributed by atoms with van der Waals surface area (Å²) in [4.78, 5) is 12.8. The highest BCUT2D eigenvalue weighted by atomic mass is 16.4. The van der Waals surface area contributed by atoms with Crippen molar-refractivity contribution in [2.24, 2.45) is 5.92 Å². The number of hydrogen-bond donors (Lipinski definition) is 2. The van der Waals surface area contributed by atoms with Gasteiger partial charge in [0.2, 0.25) is 0 Å². The average molecular weight is 199 g/mol. The Morgan fingerprint density at radius 3 is 2.71 bits per heavy atom. The Kier molecular flexibility index (Phi) is 2.74. The number of β-amino-alcohol motifs (C(OH)–C–C–N with tert-alkyl or cyclic N) is 1. The summed E-state index contributed by atoms with van der Waals surface area (Å²) < 4.78 is 0. The SMILES string of the molecule is O=C(O)C1CC(O)CN1CCC1CC1. The number of aliphatic hydroxyl groups excluding tert-OH is 1. The Balaban J connectivity index is 1.83. The van der Waals surface area contributed by atoms with Gasteiger partial charge in [-0.1, -0.05) is 12.8 Å². The number of rotatable bonds is 4. The molecule has 1 heterocycles. The number of aliphatic hydroxyl groups is 1. The van der Waals surface area contributed by atoms with Gasteiger partial charge in [0.1, 0.15) is 6.04 Å². The van der Waals surface area contributed by atoms with E-state index in [1.54, 1.807) is 0 Å². The first-order chi connectivity index (χ1) is 6.66. The lowest BCUT2D eigenvalue weighted by Crippen LogP contribution is -2.36. The van der Waals surface area contributed by atoms with Gasteiger partial charge in [-0.15, -0.1) is 0 Å². The molecule has 2 N–H and O–H groups in total. The molecule has 14 heavy (non-hydrogen) atoms. The zero-order valence-corrected chi connectivity index (χ0v) is 8.22. The van der Waals surface area contributed by atoms with Crippen LogP contribution in [0.25, 0.3) is 0 Å². The van der Waals surface area contributed by atoms with Crippen molar-refractivity contribution in [1.29, 1.82) is 0 Å². The summed E-state index contributed by atoms with van der Waals surface area (Å²) in [5.41, 5.74) is 0. The molecule has 0 aromatic rings. The Hall–Kier alpha value is -0.610. The Bertz CT molecular complexity index is 227. The lowest BCUT2D eigenvalue weighted by molar-refractivity contribution is -0.142. The highest BCUT2D eigenvalue weighted by molar-refractivity contribution is 5.74. The topological polar surface area (TPSA) is 60.8 Å². The zero-order chi connectivity index (χ0) is 10.1. The molecule has 1 aliphatic heterocycles. The second-order valence-corrected chi connectivity index (χ2v) is 4.47. The summed E-state index contributed by atoms with van der Waals surface area (Å²) in [5, 5.41) is 18.3. The molecule has 0 aromatic heterocycles. The summed E-state index contributed by atoms with van der Waals surface area (Å²) in [6, 6.07) is -0.455. The highest BCUT2D eigenvalue weighted by Crippen LogP contribution is 2.33. The number of carboxylic acid groups (broad SMARTS) is 1.